The minimum atomic E-state index is -0.325. The fourth-order valence-electron chi connectivity index (χ4n) is 5.94. The number of ketones is 1. The number of halogens is 2. The van der Waals surface area contributed by atoms with E-state index < -0.39 is 0 Å². The summed E-state index contributed by atoms with van der Waals surface area (Å²) in [6.07, 6.45) is 1.26. The topological polar surface area (TPSA) is 46.9 Å². The Bertz CT molecular complexity index is 1630. The number of allylic oxidation sites excluding steroid dienone is 2. The zero-order chi connectivity index (χ0) is 26.8. The smallest absolute Gasteiger partial charge is 0.162 e. The summed E-state index contributed by atoms with van der Waals surface area (Å²) < 4.78 is 2.01. The molecular weight excluding hydrogens is 513 g/mol. The summed E-state index contributed by atoms with van der Waals surface area (Å²) in [7, 11) is 0. The molecule has 6 heteroatoms. The van der Waals surface area contributed by atoms with Gasteiger partial charge < -0.3 is 5.32 Å². The number of anilines is 1. The van der Waals surface area contributed by atoms with Crippen LogP contribution in [0.5, 0.6) is 0 Å². The standard InChI is InChI=1S/C32H29Cl2N3O/c1-18-10-13-25(19(2)14-18)37-31-29(30(36-37)20-8-6-5-7-9-20)27(21-11-12-22(33)23(34)15-21)28-24(35-31)16-32(3,4)17-26(28)38/h5-15,27,35H,16-17H2,1-4H3. The minimum absolute atomic E-state index is 0.143. The van der Waals surface area contributed by atoms with E-state index in [0.717, 1.165) is 57.1 Å². The van der Waals surface area contributed by atoms with Crippen molar-refractivity contribution in [2.45, 2.75) is 46.5 Å². The van der Waals surface area contributed by atoms with E-state index in [9.17, 15) is 4.79 Å². The molecule has 0 saturated carbocycles. The number of carbonyl (C=O) groups is 1. The number of aromatic nitrogens is 2. The Morgan fingerprint density at radius 3 is 2.42 bits per heavy atom. The molecule has 1 unspecified atom stereocenters. The molecule has 4 nitrogen and oxygen atoms in total. The molecule has 0 saturated heterocycles. The van der Waals surface area contributed by atoms with E-state index in [1.54, 1.807) is 0 Å². The van der Waals surface area contributed by atoms with Crippen LogP contribution in [0.15, 0.2) is 78.0 Å². The number of fused-ring (bicyclic) bond motifs is 1. The van der Waals surface area contributed by atoms with Gasteiger partial charge in [0.1, 0.15) is 5.82 Å². The number of hydrogen-bond donors (Lipinski definition) is 1. The highest BCUT2D eigenvalue weighted by Crippen LogP contribution is 2.52. The fourth-order valence-corrected chi connectivity index (χ4v) is 6.25. The van der Waals surface area contributed by atoms with Crippen LogP contribution in [0.1, 0.15) is 54.9 Å². The lowest BCUT2D eigenvalue weighted by Crippen LogP contribution is -2.34. The van der Waals surface area contributed by atoms with Crippen LogP contribution in [-0.2, 0) is 4.79 Å². The molecule has 3 aromatic carbocycles. The molecule has 2 heterocycles. The van der Waals surface area contributed by atoms with Crippen LogP contribution >= 0.6 is 23.2 Å². The number of Topliss-reactive ketones (excluding diaryl/α,β-unsaturated/α-hetero) is 1. The Morgan fingerprint density at radius 2 is 1.71 bits per heavy atom. The first-order valence-electron chi connectivity index (χ1n) is 12.9. The molecule has 6 rings (SSSR count). The summed E-state index contributed by atoms with van der Waals surface area (Å²) in [4.78, 5) is 13.8. The maximum Gasteiger partial charge on any atom is 0.162 e. The third-order valence-corrected chi connectivity index (χ3v) is 8.33. The SMILES string of the molecule is Cc1ccc(-n2nc(-c3ccccc3)c3c2NC2=C(C(=O)CC(C)(C)C2)C3c2ccc(Cl)c(Cl)c2)c(C)c1. The highest BCUT2D eigenvalue weighted by Gasteiger charge is 2.43. The quantitative estimate of drug-likeness (QED) is 0.282. The zero-order valence-corrected chi connectivity index (χ0v) is 23.4. The summed E-state index contributed by atoms with van der Waals surface area (Å²) in [6, 6.07) is 22.2. The highest BCUT2D eigenvalue weighted by molar-refractivity contribution is 6.42. The second kappa shape index (κ2) is 9.14. The molecule has 2 aliphatic rings. The highest BCUT2D eigenvalue weighted by atomic mass is 35.5. The molecule has 0 amide bonds. The van der Waals surface area contributed by atoms with Gasteiger partial charge in [0.05, 0.1) is 21.4 Å². The summed E-state index contributed by atoms with van der Waals surface area (Å²) in [5.74, 6) is 0.717. The minimum Gasteiger partial charge on any atom is -0.343 e. The Kier molecular flexibility index (Phi) is 6.01. The average Bonchev–Trinajstić information content (AvgIpc) is 3.23. The van der Waals surface area contributed by atoms with Crippen molar-refractivity contribution in [1.82, 2.24) is 9.78 Å². The Labute approximate surface area is 233 Å². The van der Waals surface area contributed by atoms with E-state index in [1.165, 1.54) is 5.56 Å². The van der Waals surface area contributed by atoms with Crippen LogP contribution in [-0.4, -0.2) is 15.6 Å². The fraction of sp³-hybridized carbons (Fsp3) is 0.250. The van der Waals surface area contributed by atoms with Gasteiger partial charge in [0.15, 0.2) is 5.78 Å². The lowest BCUT2D eigenvalue weighted by Gasteiger charge is -2.39. The molecule has 1 N–H and O–H groups in total. The number of rotatable bonds is 3. The van der Waals surface area contributed by atoms with Crippen molar-refractivity contribution < 1.29 is 4.79 Å². The predicted octanol–water partition coefficient (Wildman–Crippen LogP) is 8.66. The van der Waals surface area contributed by atoms with E-state index in [4.69, 9.17) is 28.3 Å². The molecule has 1 aliphatic heterocycles. The van der Waals surface area contributed by atoms with Gasteiger partial charge in [-0.2, -0.15) is 5.10 Å². The third kappa shape index (κ3) is 4.16. The van der Waals surface area contributed by atoms with E-state index in [2.05, 4.69) is 63.3 Å². The van der Waals surface area contributed by atoms with Gasteiger partial charge in [0, 0.05) is 34.7 Å². The van der Waals surface area contributed by atoms with Gasteiger partial charge in [-0.1, -0.05) is 91.1 Å². The van der Waals surface area contributed by atoms with Gasteiger partial charge in [-0.05, 0) is 55.0 Å². The average molecular weight is 543 g/mol. The predicted molar refractivity (Wildman–Crippen MR) is 155 cm³/mol. The van der Waals surface area contributed by atoms with Crippen molar-refractivity contribution in [3.63, 3.8) is 0 Å². The second-order valence-corrected chi connectivity index (χ2v) is 12.1. The first kappa shape index (κ1) is 25.0. The first-order chi connectivity index (χ1) is 18.1. The van der Waals surface area contributed by atoms with E-state index in [1.807, 2.05) is 41.1 Å². The van der Waals surface area contributed by atoms with Crippen molar-refractivity contribution in [1.29, 1.82) is 0 Å². The van der Waals surface area contributed by atoms with Crippen molar-refractivity contribution in [2.24, 2.45) is 5.41 Å². The molecule has 0 radical (unpaired) electrons. The Morgan fingerprint density at radius 1 is 0.947 bits per heavy atom. The van der Waals surface area contributed by atoms with Gasteiger partial charge in [-0.15, -0.1) is 0 Å². The van der Waals surface area contributed by atoms with Crippen LogP contribution in [0.3, 0.4) is 0 Å². The number of nitrogens with one attached hydrogen (secondary N) is 1. The number of carbonyl (C=O) groups excluding carboxylic acids is 1. The molecule has 1 aliphatic carbocycles. The molecule has 1 atom stereocenters. The molecule has 38 heavy (non-hydrogen) atoms. The maximum atomic E-state index is 13.8. The summed E-state index contributed by atoms with van der Waals surface area (Å²) in [5, 5.41) is 9.89. The molecule has 1 aromatic heterocycles. The lowest BCUT2D eigenvalue weighted by molar-refractivity contribution is -0.118. The Balaban J connectivity index is 1.69. The van der Waals surface area contributed by atoms with Gasteiger partial charge in [-0.3, -0.25) is 4.79 Å². The molecule has 0 bridgehead atoms. The lowest BCUT2D eigenvalue weighted by atomic mass is 9.69. The largest absolute Gasteiger partial charge is 0.343 e. The Hall–Kier alpha value is -3.34. The summed E-state index contributed by atoms with van der Waals surface area (Å²) >= 11 is 12.9. The second-order valence-electron chi connectivity index (χ2n) is 11.2. The normalized spacial score (nSPS) is 18.2. The van der Waals surface area contributed by atoms with Crippen LogP contribution in [0.4, 0.5) is 5.82 Å². The number of hydrogen-bond acceptors (Lipinski definition) is 3. The number of nitrogens with zero attached hydrogens (tertiary/aromatic N) is 2. The van der Waals surface area contributed by atoms with Gasteiger partial charge in [0.2, 0.25) is 0 Å². The van der Waals surface area contributed by atoms with Crippen LogP contribution in [0, 0.1) is 19.3 Å². The molecular formula is C32H29Cl2N3O. The van der Waals surface area contributed by atoms with Crippen molar-refractivity contribution >= 4 is 34.8 Å². The molecule has 0 fully saturated rings. The third-order valence-electron chi connectivity index (χ3n) is 7.59. The molecule has 0 spiro atoms. The monoisotopic (exact) mass is 541 g/mol. The van der Waals surface area contributed by atoms with Crippen LogP contribution in [0.25, 0.3) is 16.9 Å². The van der Waals surface area contributed by atoms with Crippen LogP contribution < -0.4 is 5.32 Å². The summed E-state index contributed by atoms with van der Waals surface area (Å²) in [6.45, 7) is 8.50. The van der Waals surface area contributed by atoms with E-state index in [-0.39, 0.29) is 17.1 Å². The molecule has 192 valence electrons. The summed E-state index contributed by atoms with van der Waals surface area (Å²) in [5.41, 5.74) is 8.67. The van der Waals surface area contributed by atoms with Crippen molar-refractivity contribution in [3.8, 4) is 16.9 Å². The van der Waals surface area contributed by atoms with Crippen molar-refractivity contribution in [3.05, 3.63) is 110 Å². The maximum absolute atomic E-state index is 13.8. The van der Waals surface area contributed by atoms with Crippen LogP contribution in [0.2, 0.25) is 10.0 Å². The number of benzene rings is 3. The first-order valence-corrected chi connectivity index (χ1v) is 13.6. The molecule has 4 aromatic rings. The zero-order valence-electron chi connectivity index (χ0n) is 21.9. The number of aryl methyl sites for hydroxylation is 2. The van der Waals surface area contributed by atoms with E-state index >= 15 is 0 Å². The van der Waals surface area contributed by atoms with Gasteiger partial charge in [0.25, 0.3) is 0 Å². The van der Waals surface area contributed by atoms with Crippen molar-refractivity contribution in [2.75, 3.05) is 5.32 Å². The van der Waals surface area contributed by atoms with Gasteiger partial charge in [-0.25, -0.2) is 4.68 Å². The van der Waals surface area contributed by atoms with E-state index in [0.29, 0.717) is 16.5 Å². The van der Waals surface area contributed by atoms with Gasteiger partial charge >= 0.3 is 0 Å².